The van der Waals surface area contributed by atoms with E-state index in [-0.39, 0.29) is 4.83 Å². The Morgan fingerprint density at radius 3 is 2.79 bits per heavy atom. The van der Waals surface area contributed by atoms with Crippen molar-refractivity contribution in [2.24, 2.45) is 0 Å². The molecule has 0 saturated heterocycles. The molecule has 19 heavy (non-hydrogen) atoms. The normalized spacial score (nSPS) is 18.6. The van der Waals surface area contributed by atoms with E-state index in [0.29, 0.717) is 32.2 Å². The molecule has 0 aliphatic carbocycles. The lowest BCUT2D eigenvalue weighted by Gasteiger charge is -2.20. The number of hydrogen-bond donors (Lipinski definition) is 0. The summed E-state index contributed by atoms with van der Waals surface area (Å²) in [5.41, 5.74) is 2.16. The first-order valence-electron chi connectivity index (χ1n) is 6.51. The second-order valence-electron chi connectivity index (χ2n) is 4.24. The van der Waals surface area contributed by atoms with E-state index < -0.39 is 0 Å². The SMILES string of the molecule is CCOc1cc(Cl)c2c(c1OCC)C(Br)COCC2. The van der Waals surface area contributed by atoms with Gasteiger partial charge < -0.3 is 14.2 Å². The summed E-state index contributed by atoms with van der Waals surface area (Å²) < 4.78 is 17.0. The maximum atomic E-state index is 6.38. The molecule has 1 atom stereocenters. The molecule has 1 aliphatic heterocycles. The highest BCUT2D eigenvalue weighted by Crippen LogP contribution is 2.45. The summed E-state index contributed by atoms with van der Waals surface area (Å²) in [7, 11) is 0. The van der Waals surface area contributed by atoms with Crippen molar-refractivity contribution < 1.29 is 14.2 Å². The van der Waals surface area contributed by atoms with Gasteiger partial charge in [0.05, 0.1) is 31.3 Å². The molecule has 0 radical (unpaired) electrons. The Hall–Kier alpha value is -0.450. The Bertz CT molecular complexity index is 451. The van der Waals surface area contributed by atoms with Crippen molar-refractivity contribution >= 4 is 27.5 Å². The minimum Gasteiger partial charge on any atom is -0.490 e. The molecule has 0 fully saturated rings. The zero-order chi connectivity index (χ0) is 13.8. The van der Waals surface area contributed by atoms with E-state index in [4.69, 9.17) is 25.8 Å². The fourth-order valence-corrected chi connectivity index (χ4v) is 3.22. The van der Waals surface area contributed by atoms with Gasteiger partial charge in [-0.2, -0.15) is 0 Å². The van der Waals surface area contributed by atoms with Crippen molar-refractivity contribution in [2.45, 2.75) is 25.1 Å². The Balaban J connectivity index is 2.58. The summed E-state index contributed by atoms with van der Waals surface area (Å²) in [6, 6.07) is 1.85. The van der Waals surface area contributed by atoms with Crippen LogP contribution in [0.5, 0.6) is 11.5 Å². The summed E-state index contributed by atoms with van der Waals surface area (Å²) in [6.07, 6.45) is 0.794. The predicted molar refractivity (Wildman–Crippen MR) is 80.0 cm³/mol. The summed E-state index contributed by atoms with van der Waals surface area (Å²) in [5.74, 6) is 1.50. The van der Waals surface area contributed by atoms with E-state index in [9.17, 15) is 0 Å². The van der Waals surface area contributed by atoms with Crippen LogP contribution in [0.2, 0.25) is 5.02 Å². The Kier molecular flexibility index (Phi) is 5.37. The molecule has 5 heteroatoms. The van der Waals surface area contributed by atoms with Gasteiger partial charge in [0.15, 0.2) is 11.5 Å². The van der Waals surface area contributed by atoms with Crippen molar-refractivity contribution in [2.75, 3.05) is 26.4 Å². The van der Waals surface area contributed by atoms with Gasteiger partial charge in [0.25, 0.3) is 0 Å². The molecule has 1 aliphatic rings. The number of rotatable bonds is 4. The molecule has 0 saturated carbocycles. The highest BCUT2D eigenvalue weighted by atomic mass is 79.9. The van der Waals surface area contributed by atoms with Gasteiger partial charge in [-0.1, -0.05) is 27.5 Å². The lowest BCUT2D eigenvalue weighted by molar-refractivity contribution is 0.145. The van der Waals surface area contributed by atoms with Crippen LogP contribution in [-0.4, -0.2) is 26.4 Å². The van der Waals surface area contributed by atoms with Crippen LogP contribution in [0, 0.1) is 0 Å². The molecule has 1 heterocycles. The highest BCUT2D eigenvalue weighted by molar-refractivity contribution is 9.09. The molecular formula is C14H18BrClO3. The minimum absolute atomic E-state index is 0.0736. The largest absolute Gasteiger partial charge is 0.490 e. The number of fused-ring (bicyclic) bond motifs is 1. The standard InChI is InChI=1S/C14H18BrClO3/c1-3-18-12-7-11(16)9-5-6-17-8-10(15)13(9)14(12)19-4-2/h7,10H,3-6,8H2,1-2H3. The van der Waals surface area contributed by atoms with Crippen molar-refractivity contribution in [1.82, 2.24) is 0 Å². The molecule has 0 bridgehead atoms. The summed E-state index contributed by atoms with van der Waals surface area (Å²) in [6.45, 7) is 6.37. The van der Waals surface area contributed by atoms with Gasteiger partial charge in [-0.15, -0.1) is 0 Å². The second kappa shape index (κ2) is 6.82. The van der Waals surface area contributed by atoms with Crippen LogP contribution < -0.4 is 9.47 Å². The van der Waals surface area contributed by atoms with Crippen LogP contribution in [0.3, 0.4) is 0 Å². The molecule has 106 valence electrons. The van der Waals surface area contributed by atoms with Gasteiger partial charge in [0, 0.05) is 16.7 Å². The van der Waals surface area contributed by atoms with Gasteiger partial charge in [0.2, 0.25) is 0 Å². The number of hydrogen-bond acceptors (Lipinski definition) is 3. The number of ether oxygens (including phenoxy) is 3. The Morgan fingerprint density at radius 2 is 2.11 bits per heavy atom. The summed E-state index contributed by atoms with van der Waals surface area (Å²) >= 11 is 10.0. The molecule has 0 spiro atoms. The van der Waals surface area contributed by atoms with E-state index in [1.54, 1.807) is 0 Å². The fourth-order valence-electron chi connectivity index (χ4n) is 2.25. The van der Waals surface area contributed by atoms with Crippen LogP contribution in [0.25, 0.3) is 0 Å². The third-order valence-electron chi connectivity index (χ3n) is 3.00. The quantitative estimate of drug-likeness (QED) is 0.764. The molecule has 1 aromatic carbocycles. The van der Waals surface area contributed by atoms with Crippen molar-refractivity contribution in [3.05, 3.63) is 22.2 Å². The molecule has 1 unspecified atom stereocenters. The van der Waals surface area contributed by atoms with Gasteiger partial charge in [-0.3, -0.25) is 0 Å². The Morgan fingerprint density at radius 1 is 1.37 bits per heavy atom. The average Bonchev–Trinajstić information content (AvgIpc) is 2.57. The van der Waals surface area contributed by atoms with E-state index in [1.165, 1.54) is 0 Å². The molecule has 1 aromatic rings. The van der Waals surface area contributed by atoms with Crippen molar-refractivity contribution in [1.29, 1.82) is 0 Å². The number of halogens is 2. The lowest BCUT2D eigenvalue weighted by Crippen LogP contribution is -2.07. The maximum absolute atomic E-state index is 6.38. The smallest absolute Gasteiger partial charge is 0.165 e. The average molecular weight is 350 g/mol. The Labute approximate surface area is 127 Å². The van der Waals surface area contributed by atoms with Crippen LogP contribution in [0.1, 0.15) is 29.8 Å². The van der Waals surface area contributed by atoms with E-state index in [0.717, 1.165) is 28.3 Å². The van der Waals surface area contributed by atoms with Crippen LogP contribution in [-0.2, 0) is 11.2 Å². The first-order valence-corrected chi connectivity index (χ1v) is 7.81. The third kappa shape index (κ3) is 3.18. The first kappa shape index (κ1) is 14.9. The molecule has 0 amide bonds. The molecule has 0 N–H and O–H groups in total. The summed E-state index contributed by atoms with van der Waals surface area (Å²) in [5, 5.41) is 0.719. The van der Waals surface area contributed by atoms with Crippen LogP contribution in [0.4, 0.5) is 0 Å². The minimum atomic E-state index is 0.0736. The van der Waals surface area contributed by atoms with Gasteiger partial charge >= 0.3 is 0 Å². The number of benzene rings is 1. The lowest BCUT2D eigenvalue weighted by atomic mass is 10.0. The van der Waals surface area contributed by atoms with Crippen LogP contribution >= 0.6 is 27.5 Å². The van der Waals surface area contributed by atoms with Gasteiger partial charge in [0.1, 0.15) is 0 Å². The fraction of sp³-hybridized carbons (Fsp3) is 0.571. The van der Waals surface area contributed by atoms with E-state index >= 15 is 0 Å². The van der Waals surface area contributed by atoms with E-state index in [2.05, 4.69) is 15.9 Å². The molecule has 2 rings (SSSR count). The monoisotopic (exact) mass is 348 g/mol. The second-order valence-corrected chi connectivity index (χ2v) is 5.75. The van der Waals surface area contributed by atoms with Crippen LogP contribution in [0.15, 0.2) is 6.07 Å². The highest BCUT2D eigenvalue weighted by Gasteiger charge is 2.26. The number of alkyl halides is 1. The summed E-state index contributed by atoms with van der Waals surface area (Å²) in [4.78, 5) is 0.0736. The maximum Gasteiger partial charge on any atom is 0.165 e. The van der Waals surface area contributed by atoms with Crippen molar-refractivity contribution in [3.8, 4) is 11.5 Å². The first-order chi connectivity index (χ1) is 9.19. The zero-order valence-corrected chi connectivity index (χ0v) is 13.5. The molecular weight excluding hydrogens is 332 g/mol. The molecule has 3 nitrogen and oxygen atoms in total. The van der Waals surface area contributed by atoms with Gasteiger partial charge in [-0.05, 0) is 25.8 Å². The zero-order valence-electron chi connectivity index (χ0n) is 11.2. The van der Waals surface area contributed by atoms with Crippen molar-refractivity contribution in [3.63, 3.8) is 0 Å². The van der Waals surface area contributed by atoms with Gasteiger partial charge in [-0.25, -0.2) is 0 Å². The topological polar surface area (TPSA) is 27.7 Å². The third-order valence-corrected chi connectivity index (χ3v) is 4.06. The predicted octanol–water partition coefficient (Wildman–Crippen LogP) is 4.15. The molecule has 0 aromatic heterocycles. The van der Waals surface area contributed by atoms with E-state index in [1.807, 2.05) is 19.9 Å².